The van der Waals surface area contributed by atoms with Crippen molar-refractivity contribution in [3.05, 3.63) is 0 Å². The van der Waals surface area contributed by atoms with Gasteiger partial charge < -0.3 is 5.73 Å². The van der Waals surface area contributed by atoms with E-state index in [1.165, 1.54) is 32.2 Å². The monoisotopic (exact) mass is 226 g/mol. The van der Waals surface area contributed by atoms with E-state index in [-0.39, 0.29) is 0 Å². The Morgan fingerprint density at radius 3 is 2.06 bits per heavy atom. The van der Waals surface area contributed by atoms with Crippen LogP contribution in [-0.2, 0) is 0 Å². The summed E-state index contributed by atoms with van der Waals surface area (Å²) < 4.78 is 0. The Bertz CT molecular complexity index is 183. The predicted octanol–water partition coefficient (Wildman–Crippen LogP) is 2.87. The maximum Gasteiger partial charge on any atom is 0.0191 e. The Morgan fingerprint density at radius 1 is 1.06 bits per heavy atom. The van der Waals surface area contributed by atoms with Gasteiger partial charge >= 0.3 is 0 Å². The summed E-state index contributed by atoms with van der Waals surface area (Å²) >= 11 is 0. The van der Waals surface area contributed by atoms with Crippen LogP contribution in [0.5, 0.6) is 0 Å². The molecule has 2 N–H and O–H groups in total. The third-order valence-corrected chi connectivity index (χ3v) is 3.74. The molecule has 1 unspecified atom stereocenters. The summed E-state index contributed by atoms with van der Waals surface area (Å²) in [5, 5.41) is 0. The highest BCUT2D eigenvalue weighted by molar-refractivity contribution is 4.81. The fourth-order valence-corrected chi connectivity index (χ4v) is 2.59. The van der Waals surface area contributed by atoms with Crippen molar-refractivity contribution in [1.82, 2.24) is 4.90 Å². The van der Waals surface area contributed by atoms with E-state index in [1.54, 1.807) is 0 Å². The first-order chi connectivity index (χ1) is 7.50. The van der Waals surface area contributed by atoms with Gasteiger partial charge in [0.15, 0.2) is 0 Å². The molecule has 0 spiro atoms. The Labute approximate surface area is 102 Å². The lowest BCUT2D eigenvalue weighted by atomic mass is 10.0. The summed E-state index contributed by atoms with van der Waals surface area (Å²) in [5.74, 6) is 1.34. The van der Waals surface area contributed by atoms with Crippen LogP contribution in [0.1, 0.15) is 53.4 Å². The Balaban J connectivity index is 2.49. The minimum Gasteiger partial charge on any atom is -0.326 e. The summed E-state index contributed by atoms with van der Waals surface area (Å²) in [4.78, 5) is 2.66. The summed E-state index contributed by atoms with van der Waals surface area (Å²) in [6.45, 7) is 11.4. The highest BCUT2D eigenvalue weighted by Gasteiger charge is 2.25. The second-order valence-electron chi connectivity index (χ2n) is 6.19. The normalized spacial score (nSPS) is 20.2. The third-order valence-electron chi connectivity index (χ3n) is 3.74. The van der Waals surface area contributed by atoms with Gasteiger partial charge in [-0.25, -0.2) is 0 Å². The van der Waals surface area contributed by atoms with Crippen molar-refractivity contribution in [2.45, 2.75) is 65.5 Å². The number of nitrogens with two attached hydrogens (primary N) is 1. The average Bonchev–Trinajstić information content (AvgIpc) is 2.68. The molecule has 0 radical (unpaired) electrons. The molecule has 0 aromatic rings. The Morgan fingerprint density at radius 2 is 1.62 bits per heavy atom. The zero-order valence-electron chi connectivity index (χ0n) is 11.6. The minimum absolute atomic E-state index is 0.333. The molecule has 0 bridgehead atoms. The maximum absolute atomic E-state index is 6.22. The fourth-order valence-electron chi connectivity index (χ4n) is 2.59. The van der Waals surface area contributed by atoms with Crippen LogP contribution in [0.15, 0.2) is 0 Å². The molecule has 0 aromatic carbocycles. The van der Waals surface area contributed by atoms with Gasteiger partial charge in [-0.2, -0.15) is 0 Å². The molecule has 1 atom stereocenters. The van der Waals surface area contributed by atoms with Crippen LogP contribution in [0.3, 0.4) is 0 Å². The first-order valence-electron chi connectivity index (χ1n) is 7.00. The van der Waals surface area contributed by atoms with Crippen molar-refractivity contribution in [1.29, 1.82) is 0 Å². The molecule has 0 aromatic heterocycles. The van der Waals surface area contributed by atoms with Crippen molar-refractivity contribution in [3.63, 3.8) is 0 Å². The van der Waals surface area contributed by atoms with Gasteiger partial charge in [-0.05, 0) is 24.7 Å². The summed E-state index contributed by atoms with van der Waals surface area (Å²) in [5.41, 5.74) is 6.22. The molecular weight excluding hydrogens is 196 g/mol. The van der Waals surface area contributed by atoms with E-state index in [9.17, 15) is 0 Å². The van der Waals surface area contributed by atoms with Gasteiger partial charge in [0, 0.05) is 25.2 Å². The highest BCUT2D eigenvalue weighted by atomic mass is 15.2. The molecule has 16 heavy (non-hydrogen) atoms. The Kier molecular flexibility index (Phi) is 5.77. The van der Waals surface area contributed by atoms with Crippen molar-refractivity contribution < 1.29 is 0 Å². The van der Waals surface area contributed by atoms with Gasteiger partial charge in [0.2, 0.25) is 0 Å². The molecule has 1 aliphatic rings. The number of hydrogen-bond acceptors (Lipinski definition) is 2. The van der Waals surface area contributed by atoms with Gasteiger partial charge in [0.1, 0.15) is 0 Å². The zero-order chi connectivity index (χ0) is 12.1. The molecule has 2 heteroatoms. The van der Waals surface area contributed by atoms with Gasteiger partial charge in [-0.3, -0.25) is 4.90 Å². The first-order valence-corrected chi connectivity index (χ1v) is 7.00. The van der Waals surface area contributed by atoms with E-state index in [0.717, 1.165) is 18.5 Å². The van der Waals surface area contributed by atoms with Crippen molar-refractivity contribution in [3.8, 4) is 0 Å². The van der Waals surface area contributed by atoms with Gasteiger partial charge in [-0.15, -0.1) is 0 Å². The molecular formula is C14H30N2. The van der Waals surface area contributed by atoms with E-state index in [1.807, 2.05) is 0 Å². The molecule has 0 amide bonds. The predicted molar refractivity (Wildman–Crippen MR) is 71.5 cm³/mol. The molecule has 1 rings (SSSR count). The van der Waals surface area contributed by atoms with Crippen LogP contribution in [-0.4, -0.2) is 30.1 Å². The molecule has 1 saturated carbocycles. The number of rotatable bonds is 6. The molecule has 1 fully saturated rings. The van der Waals surface area contributed by atoms with Crippen LogP contribution in [0.2, 0.25) is 0 Å². The second-order valence-corrected chi connectivity index (χ2v) is 6.19. The van der Waals surface area contributed by atoms with E-state index < -0.39 is 0 Å². The van der Waals surface area contributed by atoms with Crippen LogP contribution >= 0.6 is 0 Å². The maximum atomic E-state index is 6.22. The molecule has 0 saturated heterocycles. The second kappa shape index (κ2) is 6.61. The topological polar surface area (TPSA) is 29.3 Å². The quantitative estimate of drug-likeness (QED) is 0.754. The average molecular weight is 226 g/mol. The molecule has 2 nitrogen and oxygen atoms in total. The lowest BCUT2D eigenvalue weighted by molar-refractivity contribution is 0.157. The largest absolute Gasteiger partial charge is 0.326 e. The van der Waals surface area contributed by atoms with Crippen molar-refractivity contribution in [2.24, 2.45) is 17.6 Å². The SMILES string of the molecule is CC(C)CN(CC(N)C(C)C)C1CCCC1. The van der Waals surface area contributed by atoms with Gasteiger partial charge in [-0.1, -0.05) is 40.5 Å². The molecule has 96 valence electrons. The standard InChI is InChI=1S/C14H30N2/c1-11(2)9-16(10-14(15)12(3)4)13-7-5-6-8-13/h11-14H,5-10,15H2,1-4H3. The summed E-state index contributed by atoms with van der Waals surface area (Å²) in [6.07, 6.45) is 5.60. The Hall–Kier alpha value is -0.0800. The smallest absolute Gasteiger partial charge is 0.0191 e. The van der Waals surface area contributed by atoms with Gasteiger partial charge in [0.25, 0.3) is 0 Å². The number of nitrogens with zero attached hydrogens (tertiary/aromatic N) is 1. The van der Waals surface area contributed by atoms with E-state index in [4.69, 9.17) is 5.73 Å². The van der Waals surface area contributed by atoms with Gasteiger partial charge in [0.05, 0.1) is 0 Å². The lowest BCUT2D eigenvalue weighted by Crippen LogP contribution is -2.46. The van der Waals surface area contributed by atoms with Crippen LogP contribution < -0.4 is 5.73 Å². The fraction of sp³-hybridized carbons (Fsp3) is 1.00. The zero-order valence-corrected chi connectivity index (χ0v) is 11.6. The highest BCUT2D eigenvalue weighted by Crippen LogP contribution is 2.24. The van der Waals surface area contributed by atoms with Crippen LogP contribution in [0.25, 0.3) is 0 Å². The van der Waals surface area contributed by atoms with E-state index in [0.29, 0.717) is 12.0 Å². The molecule has 0 aliphatic heterocycles. The summed E-state index contributed by atoms with van der Waals surface area (Å²) in [6, 6.07) is 1.14. The lowest BCUT2D eigenvalue weighted by Gasteiger charge is -2.33. The summed E-state index contributed by atoms with van der Waals surface area (Å²) in [7, 11) is 0. The number of hydrogen-bond donors (Lipinski definition) is 1. The molecule has 0 heterocycles. The van der Waals surface area contributed by atoms with Crippen LogP contribution in [0.4, 0.5) is 0 Å². The van der Waals surface area contributed by atoms with Crippen molar-refractivity contribution in [2.75, 3.05) is 13.1 Å². The van der Waals surface area contributed by atoms with Crippen LogP contribution in [0, 0.1) is 11.8 Å². The van der Waals surface area contributed by atoms with E-state index >= 15 is 0 Å². The molecule has 1 aliphatic carbocycles. The third kappa shape index (κ3) is 4.42. The minimum atomic E-state index is 0.333. The van der Waals surface area contributed by atoms with E-state index in [2.05, 4.69) is 32.6 Å². The first kappa shape index (κ1) is 14.0. The van der Waals surface area contributed by atoms with Crippen molar-refractivity contribution >= 4 is 0 Å².